The summed E-state index contributed by atoms with van der Waals surface area (Å²) in [5.74, 6) is 0.852. The number of hydrogen-bond donors (Lipinski definition) is 1. The van der Waals surface area contributed by atoms with Crippen LogP contribution in [0.15, 0.2) is 10.1 Å². The molecule has 1 N–H and O–H groups in total. The molecule has 3 nitrogen and oxygen atoms in total. The fraction of sp³-hybridized carbons (Fsp3) is 0.333. The van der Waals surface area contributed by atoms with Gasteiger partial charge in [-0.15, -0.1) is 0 Å². The predicted molar refractivity (Wildman–Crippen MR) is 40.1 cm³/mol. The van der Waals surface area contributed by atoms with E-state index in [9.17, 15) is 0 Å². The second-order valence-corrected chi connectivity index (χ2v) is 1.71. The maximum absolute atomic E-state index is 4.06. The number of amidine groups is 1. The van der Waals surface area contributed by atoms with Gasteiger partial charge in [0.25, 0.3) is 0 Å². The molecule has 4 heteroatoms. The van der Waals surface area contributed by atoms with Crippen LogP contribution in [0.25, 0.3) is 0 Å². The molecule has 0 aromatic rings. The SMILES string of the molecule is CC1=N[C-](C)C=NN1.[CH3-].[Lr]. The van der Waals surface area contributed by atoms with Gasteiger partial charge in [0.15, 0.2) is 0 Å². The van der Waals surface area contributed by atoms with Crippen molar-refractivity contribution in [2.24, 2.45) is 10.1 Å². The van der Waals surface area contributed by atoms with Crippen molar-refractivity contribution in [1.29, 1.82) is 0 Å². The monoisotopic (exact) mass is 387 g/mol. The van der Waals surface area contributed by atoms with Crippen LogP contribution in [0, 0.1) is 13.5 Å². The number of nitrogens with zero attached hydrogens (tertiary/aromatic N) is 2. The first kappa shape index (κ1) is 10.9. The van der Waals surface area contributed by atoms with E-state index < -0.39 is 0 Å². The third kappa shape index (κ3) is 2.35. The van der Waals surface area contributed by atoms with Gasteiger partial charge < -0.3 is 17.8 Å². The summed E-state index contributed by atoms with van der Waals surface area (Å²) in [6.07, 6.45) is 1.69. The Balaban J connectivity index is 0. The first-order valence-electron chi connectivity index (χ1n) is 2.47. The molecule has 1 heterocycles. The third-order valence-electron chi connectivity index (χ3n) is 0.822. The van der Waals surface area contributed by atoms with E-state index in [0.717, 1.165) is 11.9 Å². The van der Waals surface area contributed by atoms with Gasteiger partial charge in [0.2, 0.25) is 0 Å². The molecule has 0 spiro atoms. The van der Waals surface area contributed by atoms with E-state index in [-0.39, 0.29) is 7.43 Å². The minimum atomic E-state index is 0. The zero-order valence-electron chi connectivity index (χ0n) is 6.23. The van der Waals surface area contributed by atoms with Gasteiger partial charge in [0, 0.05) is 0 Å². The van der Waals surface area contributed by atoms with Crippen LogP contribution in [0.1, 0.15) is 13.8 Å². The molecular weight excluding hydrogens is 376 g/mol. The van der Waals surface area contributed by atoms with Gasteiger partial charge in [0.1, 0.15) is 0 Å². The van der Waals surface area contributed by atoms with Gasteiger partial charge in [-0.2, -0.15) is 0 Å². The normalized spacial score (nSPS) is 14.2. The molecule has 67 valence electrons. The first-order chi connectivity index (χ1) is 3.79. The molecule has 0 amide bonds. The number of hydrogen-bond acceptors (Lipinski definition) is 3. The summed E-state index contributed by atoms with van der Waals surface area (Å²) < 4.78 is 0. The van der Waals surface area contributed by atoms with E-state index in [0.29, 0.717) is 0 Å². The Kier molecular flexibility index (Phi) is 4.30. The number of aliphatic imine (C=N–C) groups is 1. The molecule has 0 fully saturated rings. The molecule has 10 heavy (non-hydrogen) atoms. The van der Waals surface area contributed by atoms with E-state index in [4.69, 9.17) is 0 Å². The molecule has 0 saturated heterocycles. The van der Waals surface area contributed by atoms with Gasteiger partial charge >= 0.3 is 0 Å². The second kappa shape index (κ2) is 3.95. The van der Waals surface area contributed by atoms with Gasteiger partial charge in [0.05, 0.1) is 0 Å². The van der Waals surface area contributed by atoms with Crippen molar-refractivity contribution in [3.63, 3.8) is 0 Å². The van der Waals surface area contributed by atoms with Crippen molar-refractivity contribution in [2.75, 3.05) is 0 Å². The maximum atomic E-state index is 4.06. The average molecular weight is 387 g/mol. The van der Waals surface area contributed by atoms with E-state index in [2.05, 4.69) is 15.5 Å². The van der Waals surface area contributed by atoms with Crippen LogP contribution >= 0.6 is 0 Å². The summed E-state index contributed by atoms with van der Waals surface area (Å²) in [5, 5.41) is 3.80. The summed E-state index contributed by atoms with van der Waals surface area (Å²) in [6.45, 7) is 3.79. The van der Waals surface area contributed by atoms with Crippen LogP contribution in [0.4, 0.5) is 0 Å². The van der Waals surface area contributed by atoms with Crippen molar-refractivity contribution in [3.8, 4) is 0 Å². The van der Waals surface area contributed by atoms with Crippen molar-refractivity contribution < 1.29 is 0 Å². The smallest absolute Gasteiger partial charge is 0 e. The molecule has 1 aliphatic heterocycles. The largest absolute Gasteiger partial charge is 0.426 e. The van der Waals surface area contributed by atoms with E-state index in [1.54, 1.807) is 6.21 Å². The van der Waals surface area contributed by atoms with Crippen molar-refractivity contribution in [1.82, 2.24) is 5.43 Å². The number of rotatable bonds is 0. The molecule has 0 aromatic heterocycles. The van der Waals surface area contributed by atoms with Crippen LogP contribution < -0.4 is 5.43 Å². The molecule has 1 rings (SSSR count). The number of hydrazone groups is 1. The molecule has 1 aliphatic rings. The van der Waals surface area contributed by atoms with Crippen LogP contribution in [0.2, 0.25) is 0 Å². The Bertz CT molecular complexity index is 142. The minimum absolute atomic E-state index is 0. The van der Waals surface area contributed by atoms with Crippen molar-refractivity contribution in [3.05, 3.63) is 13.5 Å². The Labute approximate surface area is 55.9 Å². The van der Waals surface area contributed by atoms with Gasteiger partial charge in [-0.25, -0.2) is 5.10 Å². The zero-order chi connectivity index (χ0) is 5.98. The molecule has 0 saturated carbocycles. The summed E-state index contributed by atoms with van der Waals surface area (Å²) in [4.78, 5) is 4.06. The number of nitrogens with one attached hydrogen (secondary N) is 1. The summed E-state index contributed by atoms with van der Waals surface area (Å²) >= 11 is 0. The van der Waals surface area contributed by atoms with Gasteiger partial charge in [-0.05, 0) is 12.1 Å². The summed E-state index contributed by atoms with van der Waals surface area (Å²) in [6, 6.07) is 0.946. The van der Waals surface area contributed by atoms with Crippen molar-refractivity contribution >= 4 is 12.1 Å². The molecule has 0 bridgehead atoms. The van der Waals surface area contributed by atoms with E-state index >= 15 is 0 Å². The predicted octanol–water partition coefficient (Wildman–Crippen LogP) is 0.996. The minimum Gasteiger partial charge on any atom is -0.426 e. The van der Waals surface area contributed by atoms with Crippen LogP contribution in [-0.2, 0) is 0 Å². The van der Waals surface area contributed by atoms with Gasteiger partial charge in [-0.1, -0.05) is 19.9 Å². The Morgan fingerprint density at radius 3 is 2.50 bits per heavy atom. The zero-order valence-corrected chi connectivity index (χ0v) is 8.38. The van der Waals surface area contributed by atoms with Crippen molar-refractivity contribution in [2.45, 2.75) is 13.8 Å². The van der Waals surface area contributed by atoms with E-state index in [1.807, 2.05) is 13.8 Å². The topological polar surface area (TPSA) is 36.8 Å². The molecule has 0 aromatic carbocycles. The quantitative estimate of drug-likeness (QED) is 0.619. The molecule has 1 radical (unpaired) electrons. The Morgan fingerprint density at radius 2 is 2.20 bits per heavy atom. The molecule has 0 aliphatic carbocycles. The molecule has 0 atom stereocenters. The fourth-order valence-electron chi connectivity index (χ4n) is 0.538. The Hall–Kier alpha value is -1.99. The summed E-state index contributed by atoms with van der Waals surface area (Å²) in [7, 11) is 0. The van der Waals surface area contributed by atoms with Crippen LogP contribution in [0.3, 0.4) is 0 Å². The Morgan fingerprint density at radius 1 is 1.60 bits per heavy atom. The second-order valence-electron chi connectivity index (χ2n) is 1.71. The summed E-state index contributed by atoms with van der Waals surface area (Å²) in [5.41, 5.74) is 2.71. The van der Waals surface area contributed by atoms with Crippen LogP contribution in [-0.4, -0.2) is 12.1 Å². The average Bonchev–Trinajstić information content (AvgIpc) is 1.64. The maximum Gasteiger partial charge on any atom is 0 e. The molecular formula is C6H11LrN3-2. The van der Waals surface area contributed by atoms with E-state index in [1.165, 1.54) is 0 Å². The first-order valence-corrected chi connectivity index (χ1v) is 2.47. The molecule has 0 unspecified atom stereocenters. The van der Waals surface area contributed by atoms with Crippen LogP contribution in [0.5, 0.6) is 0 Å². The third-order valence-corrected chi connectivity index (χ3v) is 0.822. The van der Waals surface area contributed by atoms with Gasteiger partial charge in [-0.3, -0.25) is 0 Å². The standard InChI is InChI=1S/C5H8N3.CH3.Lr/c1-4-3-6-8-5(2)7-4;;/h3H,1-2H3,(H,7,8);1H3;/q2*-1;. The fourth-order valence-corrected chi connectivity index (χ4v) is 0.538.